The molecule has 0 bridgehead atoms. The van der Waals surface area contributed by atoms with Crippen molar-refractivity contribution in [1.82, 2.24) is 9.97 Å². The molecule has 104 valence electrons. The second kappa shape index (κ2) is 5.66. The molecule has 0 fully saturated rings. The molecule has 0 atom stereocenters. The van der Waals surface area contributed by atoms with E-state index in [1.807, 2.05) is 0 Å². The highest BCUT2D eigenvalue weighted by molar-refractivity contribution is 7.14. The van der Waals surface area contributed by atoms with Crippen molar-refractivity contribution in [2.24, 2.45) is 0 Å². The number of hydrogen-bond donors (Lipinski definition) is 3. The van der Waals surface area contributed by atoms with E-state index in [0.29, 0.717) is 11.4 Å². The predicted molar refractivity (Wildman–Crippen MR) is 73.2 cm³/mol. The molecular weight excluding hydrogens is 282 g/mol. The Kier molecular flexibility index (Phi) is 3.94. The number of aliphatic carboxylic acids is 1. The van der Waals surface area contributed by atoms with Crippen molar-refractivity contribution >= 4 is 28.3 Å². The standard InChI is InChI=1S/C12H11N3O4S/c1-6-2-3-8(10(18)13-6)11(19)15-12-14-7(5-20-12)4-9(16)17/h2-3,5H,4H2,1H3,(H,13,18)(H,16,17)(H,14,15,19). The Bertz CT molecular complexity index is 719. The number of H-pyrrole nitrogens is 1. The highest BCUT2D eigenvalue weighted by atomic mass is 32.1. The minimum absolute atomic E-state index is 0.0226. The van der Waals surface area contributed by atoms with Gasteiger partial charge < -0.3 is 10.1 Å². The van der Waals surface area contributed by atoms with Crippen LogP contribution < -0.4 is 10.9 Å². The van der Waals surface area contributed by atoms with E-state index in [-0.39, 0.29) is 17.1 Å². The summed E-state index contributed by atoms with van der Waals surface area (Å²) in [6.07, 6.45) is -0.211. The molecule has 20 heavy (non-hydrogen) atoms. The summed E-state index contributed by atoms with van der Waals surface area (Å²) in [5, 5.41) is 12.9. The largest absolute Gasteiger partial charge is 0.481 e. The number of aromatic nitrogens is 2. The van der Waals surface area contributed by atoms with Crippen molar-refractivity contribution < 1.29 is 14.7 Å². The molecule has 0 aliphatic heterocycles. The first-order chi connectivity index (χ1) is 9.45. The van der Waals surface area contributed by atoms with Gasteiger partial charge in [0.1, 0.15) is 5.56 Å². The summed E-state index contributed by atoms with van der Waals surface area (Å²) in [7, 11) is 0. The molecule has 8 heteroatoms. The Morgan fingerprint density at radius 3 is 2.85 bits per heavy atom. The molecule has 3 N–H and O–H groups in total. The second-order valence-electron chi connectivity index (χ2n) is 4.05. The molecule has 1 amide bonds. The number of aryl methyl sites for hydroxylation is 1. The maximum atomic E-state index is 11.9. The molecule has 0 saturated heterocycles. The van der Waals surface area contributed by atoms with E-state index in [1.54, 1.807) is 18.4 Å². The molecule has 0 spiro atoms. The first kappa shape index (κ1) is 13.9. The number of carbonyl (C=O) groups is 2. The monoisotopic (exact) mass is 293 g/mol. The van der Waals surface area contributed by atoms with Crippen molar-refractivity contribution in [2.45, 2.75) is 13.3 Å². The maximum absolute atomic E-state index is 11.9. The molecule has 0 aliphatic carbocycles. The van der Waals surface area contributed by atoms with Gasteiger partial charge in [-0.1, -0.05) is 0 Å². The van der Waals surface area contributed by atoms with Crippen LogP contribution in [0.1, 0.15) is 21.7 Å². The molecule has 7 nitrogen and oxygen atoms in total. The minimum atomic E-state index is -0.997. The van der Waals surface area contributed by atoms with Crippen molar-refractivity contribution in [3.8, 4) is 0 Å². The zero-order chi connectivity index (χ0) is 14.7. The van der Waals surface area contributed by atoms with Crippen LogP contribution in [0.3, 0.4) is 0 Å². The SMILES string of the molecule is Cc1ccc(C(=O)Nc2nc(CC(=O)O)cs2)c(=O)[nH]1. The molecule has 0 radical (unpaired) electrons. The average molecular weight is 293 g/mol. The number of amides is 1. The molecule has 2 aromatic heterocycles. The van der Waals surface area contributed by atoms with Gasteiger partial charge in [0.2, 0.25) is 0 Å². The summed E-state index contributed by atoms with van der Waals surface area (Å²) in [4.78, 5) is 40.5. The van der Waals surface area contributed by atoms with Gasteiger partial charge >= 0.3 is 5.97 Å². The van der Waals surface area contributed by atoms with Crippen LogP contribution in [-0.2, 0) is 11.2 Å². The van der Waals surface area contributed by atoms with Crippen molar-refractivity contribution in [3.05, 3.63) is 44.8 Å². The zero-order valence-electron chi connectivity index (χ0n) is 10.5. The van der Waals surface area contributed by atoms with Gasteiger partial charge in [-0.15, -0.1) is 11.3 Å². The summed E-state index contributed by atoms with van der Waals surface area (Å²) in [5.41, 5.74) is 0.510. The quantitative estimate of drug-likeness (QED) is 0.779. The van der Waals surface area contributed by atoms with Gasteiger partial charge in [0.05, 0.1) is 12.1 Å². The van der Waals surface area contributed by atoms with E-state index in [0.717, 1.165) is 11.3 Å². The lowest BCUT2D eigenvalue weighted by Gasteiger charge is -2.01. The van der Waals surface area contributed by atoms with Gasteiger partial charge in [-0.05, 0) is 19.1 Å². The number of pyridine rings is 1. The van der Waals surface area contributed by atoms with Gasteiger partial charge in [-0.2, -0.15) is 0 Å². The fraction of sp³-hybridized carbons (Fsp3) is 0.167. The Morgan fingerprint density at radius 2 is 2.20 bits per heavy atom. The van der Waals surface area contributed by atoms with Crippen LogP contribution in [-0.4, -0.2) is 27.0 Å². The molecule has 2 heterocycles. The number of carboxylic acids is 1. The van der Waals surface area contributed by atoms with E-state index < -0.39 is 17.4 Å². The first-order valence-electron chi connectivity index (χ1n) is 5.63. The van der Waals surface area contributed by atoms with Crippen molar-refractivity contribution in [1.29, 1.82) is 0 Å². The lowest BCUT2D eigenvalue weighted by atomic mass is 10.2. The lowest BCUT2D eigenvalue weighted by molar-refractivity contribution is -0.136. The fourth-order valence-corrected chi connectivity index (χ4v) is 2.22. The molecule has 0 aromatic carbocycles. The van der Waals surface area contributed by atoms with Crippen LogP contribution in [0.4, 0.5) is 5.13 Å². The van der Waals surface area contributed by atoms with Gasteiger partial charge in [-0.3, -0.25) is 19.7 Å². The number of carboxylic acid groups (broad SMARTS) is 1. The fourth-order valence-electron chi connectivity index (χ4n) is 1.52. The van der Waals surface area contributed by atoms with E-state index in [2.05, 4.69) is 15.3 Å². The van der Waals surface area contributed by atoms with Crippen LogP contribution >= 0.6 is 11.3 Å². The summed E-state index contributed by atoms with van der Waals surface area (Å²) < 4.78 is 0. The maximum Gasteiger partial charge on any atom is 0.309 e. The molecule has 0 unspecified atom stereocenters. The minimum Gasteiger partial charge on any atom is -0.481 e. The van der Waals surface area contributed by atoms with Gasteiger partial charge in [0.15, 0.2) is 5.13 Å². The van der Waals surface area contributed by atoms with Crippen LogP contribution in [0.5, 0.6) is 0 Å². The third kappa shape index (κ3) is 3.29. The van der Waals surface area contributed by atoms with Crippen molar-refractivity contribution in [2.75, 3.05) is 5.32 Å². The summed E-state index contributed by atoms with van der Waals surface area (Å²) in [5.74, 6) is -1.58. The summed E-state index contributed by atoms with van der Waals surface area (Å²) in [6, 6.07) is 3.04. The summed E-state index contributed by atoms with van der Waals surface area (Å²) >= 11 is 1.10. The highest BCUT2D eigenvalue weighted by Crippen LogP contribution is 2.16. The lowest BCUT2D eigenvalue weighted by Crippen LogP contribution is -2.23. The molecule has 0 saturated carbocycles. The third-order valence-corrected chi connectivity index (χ3v) is 3.21. The molecule has 0 aliphatic rings. The highest BCUT2D eigenvalue weighted by Gasteiger charge is 2.13. The van der Waals surface area contributed by atoms with Crippen LogP contribution in [0.2, 0.25) is 0 Å². The number of anilines is 1. The van der Waals surface area contributed by atoms with Gasteiger partial charge in [0.25, 0.3) is 11.5 Å². The number of nitrogens with one attached hydrogen (secondary N) is 2. The number of carbonyl (C=O) groups excluding carboxylic acids is 1. The summed E-state index contributed by atoms with van der Waals surface area (Å²) in [6.45, 7) is 1.71. The number of nitrogens with zero attached hydrogens (tertiary/aromatic N) is 1. The number of aromatic amines is 1. The number of thiazole rings is 1. The third-order valence-electron chi connectivity index (χ3n) is 2.40. The second-order valence-corrected chi connectivity index (χ2v) is 4.91. The van der Waals surface area contributed by atoms with Crippen LogP contribution in [0.15, 0.2) is 22.3 Å². The average Bonchev–Trinajstić information content (AvgIpc) is 2.75. The smallest absolute Gasteiger partial charge is 0.309 e. The number of hydrogen-bond acceptors (Lipinski definition) is 5. The zero-order valence-corrected chi connectivity index (χ0v) is 11.3. The van der Waals surface area contributed by atoms with E-state index in [1.165, 1.54) is 6.07 Å². The van der Waals surface area contributed by atoms with Crippen LogP contribution in [0.25, 0.3) is 0 Å². The first-order valence-corrected chi connectivity index (χ1v) is 6.51. The molecule has 2 rings (SSSR count). The Balaban J connectivity index is 2.13. The van der Waals surface area contributed by atoms with Gasteiger partial charge in [0, 0.05) is 11.1 Å². The van der Waals surface area contributed by atoms with E-state index in [9.17, 15) is 14.4 Å². The van der Waals surface area contributed by atoms with E-state index >= 15 is 0 Å². The molecular formula is C12H11N3O4S. The van der Waals surface area contributed by atoms with Gasteiger partial charge in [-0.25, -0.2) is 4.98 Å². The predicted octanol–water partition coefficient (Wildman–Crippen LogP) is 1.02. The molecule has 2 aromatic rings. The van der Waals surface area contributed by atoms with E-state index in [4.69, 9.17) is 5.11 Å². The topological polar surface area (TPSA) is 112 Å². The Morgan fingerprint density at radius 1 is 1.45 bits per heavy atom. The Labute approximate surface area is 117 Å². The Hall–Kier alpha value is -2.48. The normalized spacial score (nSPS) is 10.2. The van der Waals surface area contributed by atoms with Crippen LogP contribution in [0, 0.1) is 6.92 Å². The van der Waals surface area contributed by atoms with Crippen molar-refractivity contribution in [3.63, 3.8) is 0 Å². The number of rotatable bonds is 4.